The molecular weight excluding hydrogens is 346 g/mol. The largest absolute Gasteiger partial charge is 0.454 e. The van der Waals surface area contributed by atoms with E-state index in [1.807, 2.05) is 42.5 Å². The zero-order chi connectivity index (χ0) is 18.6. The fourth-order valence-electron chi connectivity index (χ4n) is 2.77. The fourth-order valence-corrected chi connectivity index (χ4v) is 2.77. The monoisotopic (exact) mass is 363 g/mol. The highest BCUT2D eigenvalue weighted by molar-refractivity contribution is 5.75. The van der Waals surface area contributed by atoms with Crippen molar-refractivity contribution in [1.82, 2.24) is 14.9 Å². The van der Waals surface area contributed by atoms with E-state index in [0.29, 0.717) is 23.7 Å². The molecule has 7 nitrogen and oxygen atoms in total. The van der Waals surface area contributed by atoms with E-state index in [9.17, 15) is 9.59 Å². The van der Waals surface area contributed by atoms with Gasteiger partial charge in [0.25, 0.3) is 5.56 Å². The molecule has 1 aliphatic heterocycles. The minimum atomic E-state index is -0.276. The number of hydrogen-bond donors (Lipinski definition) is 1. The number of amides is 1. The molecule has 0 saturated carbocycles. The Morgan fingerprint density at radius 2 is 1.89 bits per heavy atom. The van der Waals surface area contributed by atoms with E-state index in [-0.39, 0.29) is 24.8 Å². The van der Waals surface area contributed by atoms with Crippen LogP contribution in [0.5, 0.6) is 11.5 Å². The van der Waals surface area contributed by atoms with Crippen molar-refractivity contribution in [3.63, 3.8) is 0 Å². The highest BCUT2D eigenvalue weighted by atomic mass is 16.7. The fraction of sp³-hybridized carbons (Fsp3) is 0.150. The second-order valence-corrected chi connectivity index (χ2v) is 6.07. The van der Waals surface area contributed by atoms with Crippen LogP contribution < -0.4 is 20.3 Å². The molecule has 2 heterocycles. The molecule has 136 valence electrons. The number of benzene rings is 2. The number of carbonyl (C=O) groups is 1. The maximum atomic E-state index is 12.3. The molecule has 2 aromatic carbocycles. The van der Waals surface area contributed by atoms with Crippen LogP contribution in [0.25, 0.3) is 11.3 Å². The second kappa shape index (κ2) is 7.33. The van der Waals surface area contributed by atoms with Gasteiger partial charge in [-0.2, -0.15) is 0 Å². The van der Waals surface area contributed by atoms with Gasteiger partial charge in [0.05, 0.1) is 12.0 Å². The Kier molecular flexibility index (Phi) is 4.57. The number of aromatic nitrogens is 2. The van der Waals surface area contributed by atoms with Crippen LogP contribution in [-0.2, 0) is 17.9 Å². The Hall–Kier alpha value is -3.61. The van der Waals surface area contributed by atoms with Crippen LogP contribution in [-0.4, -0.2) is 22.3 Å². The normalized spacial score (nSPS) is 12.0. The minimum Gasteiger partial charge on any atom is -0.454 e. The Labute approximate surface area is 155 Å². The quantitative estimate of drug-likeness (QED) is 0.749. The van der Waals surface area contributed by atoms with E-state index in [0.717, 1.165) is 11.1 Å². The summed E-state index contributed by atoms with van der Waals surface area (Å²) in [6.07, 6.45) is 1.39. The first-order chi connectivity index (χ1) is 13.2. The molecule has 0 atom stereocenters. The summed E-state index contributed by atoms with van der Waals surface area (Å²) in [4.78, 5) is 28.7. The van der Waals surface area contributed by atoms with Crippen LogP contribution in [0, 0.1) is 0 Å². The van der Waals surface area contributed by atoms with E-state index in [2.05, 4.69) is 10.3 Å². The number of carbonyl (C=O) groups excluding carboxylic acids is 1. The van der Waals surface area contributed by atoms with Crippen LogP contribution >= 0.6 is 0 Å². The highest BCUT2D eigenvalue weighted by Gasteiger charge is 2.13. The van der Waals surface area contributed by atoms with Crippen LogP contribution in [0.1, 0.15) is 5.56 Å². The predicted octanol–water partition coefficient (Wildman–Crippen LogP) is 1.96. The molecule has 0 saturated heterocycles. The maximum Gasteiger partial charge on any atom is 0.254 e. The average Bonchev–Trinajstić information content (AvgIpc) is 3.16. The van der Waals surface area contributed by atoms with Crippen LogP contribution in [0.4, 0.5) is 0 Å². The molecule has 1 aliphatic rings. The van der Waals surface area contributed by atoms with Crippen molar-refractivity contribution in [2.45, 2.75) is 13.1 Å². The molecule has 0 unspecified atom stereocenters. The molecule has 4 rings (SSSR count). The first kappa shape index (κ1) is 16.8. The topological polar surface area (TPSA) is 82.5 Å². The Morgan fingerprint density at radius 1 is 1.07 bits per heavy atom. The van der Waals surface area contributed by atoms with Gasteiger partial charge >= 0.3 is 0 Å². The van der Waals surface area contributed by atoms with Gasteiger partial charge in [-0.3, -0.25) is 14.2 Å². The molecule has 1 aromatic heterocycles. The first-order valence-electron chi connectivity index (χ1n) is 8.46. The average molecular weight is 363 g/mol. The summed E-state index contributed by atoms with van der Waals surface area (Å²) in [5.41, 5.74) is 2.05. The number of ether oxygens (including phenoxy) is 2. The highest BCUT2D eigenvalue weighted by Crippen LogP contribution is 2.32. The molecule has 1 amide bonds. The standard InChI is InChI=1S/C20H17N3O4/c24-19(21-10-14-6-7-17-18(8-14)27-13-26-17)11-23-12-22-16(9-20(23)25)15-4-2-1-3-5-15/h1-9,12H,10-11,13H2,(H,21,24). The molecule has 0 spiro atoms. The Bertz CT molecular complexity index is 1030. The van der Waals surface area contributed by atoms with E-state index in [1.54, 1.807) is 6.07 Å². The number of hydrogen-bond acceptors (Lipinski definition) is 5. The van der Waals surface area contributed by atoms with Crippen LogP contribution in [0.3, 0.4) is 0 Å². The number of nitrogens with one attached hydrogen (secondary N) is 1. The molecule has 0 aliphatic carbocycles. The number of rotatable bonds is 5. The van der Waals surface area contributed by atoms with E-state index in [1.165, 1.54) is 17.0 Å². The van der Waals surface area contributed by atoms with Crippen molar-refractivity contribution in [2.24, 2.45) is 0 Å². The lowest BCUT2D eigenvalue weighted by Crippen LogP contribution is -2.31. The van der Waals surface area contributed by atoms with Gasteiger partial charge in [0.2, 0.25) is 12.7 Å². The second-order valence-electron chi connectivity index (χ2n) is 6.07. The van der Waals surface area contributed by atoms with Gasteiger partial charge in [0, 0.05) is 18.2 Å². The lowest BCUT2D eigenvalue weighted by Gasteiger charge is -2.08. The smallest absolute Gasteiger partial charge is 0.254 e. The third-order valence-corrected chi connectivity index (χ3v) is 4.19. The lowest BCUT2D eigenvalue weighted by molar-refractivity contribution is -0.121. The van der Waals surface area contributed by atoms with Gasteiger partial charge in [0.15, 0.2) is 11.5 Å². The van der Waals surface area contributed by atoms with Gasteiger partial charge in [-0.1, -0.05) is 36.4 Å². The summed E-state index contributed by atoms with van der Waals surface area (Å²) in [5, 5.41) is 2.79. The molecule has 3 aromatic rings. The summed E-state index contributed by atoms with van der Waals surface area (Å²) < 4.78 is 11.9. The number of fused-ring (bicyclic) bond motifs is 1. The lowest BCUT2D eigenvalue weighted by atomic mass is 10.1. The third-order valence-electron chi connectivity index (χ3n) is 4.19. The van der Waals surface area contributed by atoms with Crippen molar-refractivity contribution in [2.75, 3.05) is 6.79 Å². The van der Waals surface area contributed by atoms with E-state index in [4.69, 9.17) is 9.47 Å². The van der Waals surface area contributed by atoms with Crippen molar-refractivity contribution < 1.29 is 14.3 Å². The van der Waals surface area contributed by atoms with Gasteiger partial charge < -0.3 is 14.8 Å². The zero-order valence-electron chi connectivity index (χ0n) is 14.4. The zero-order valence-corrected chi connectivity index (χ0v) is 14.4. The summed E-state index contributed by atoms with van der Waals surface area (Å²) in [6, 6.07) is 16.3. The van der Waals surface area contributed by atoms with Gasteiger partial charge in [-0.15, -0.1) is 0 Å². The van der Waals surface area contributed by atoms with Crippen LogP contribution in [0.2, 0.25) is 0 Å². The van der Waals surface area contributed by atoms with Crippen LogP contribution in [0.15, 0.2) is 65.7 Å². The predicted molar refractivity (Wildman–Crippen MR) is 98.3 cm³/mol. The summed E-state index contributed by atoms with van der Waals surface area (Å²) in [5.74, 6) is 1.09. The molecule has 0 fully saturated rings. The molecular formula is C20H17N3O4. The van der Waals surface area contributed by atoms with Gasteiger partial charge in [-0.05, 0) is 17.7 Å². The van der Waals surface area contributed by atoms with Crippen molar-refractivity contribution >= 4 is 5.91 Å². The molecule has 0 radical (unpaired) electrons. The van der Waals surface area contributed by atoms with Gasteiger partial charge in [-0.25, -0.2) is 4.98 Å². The van der Waals surface area contributed by atoms with E-state index < -0.39 is 0 Å². The first-order valence-corrected chi connectivity index (χ1v) is 8.46. The third kappa shape index (κ3) is 3.82. The summed E-state index contributed by atoms with van der Waals surface area (Å²) >= 11 is 0. The van der Waals surface area contributed by atoms with Gasteiger partial charge in [0.1, 0.15) is 6.54 Å². The summed E-state index contributed by atoms with van der Waals surface area (Å²) in [6.45, 7) is 0.450. The van der Waals surface area contributed by atoms with E-state index >= 15 is 0 Å². The molecule has 1 N–H and O–H groups in total. The summed E-state index contributed by atoms with van der Waals surface area (Å²) in [7, 11) is 0. The molecule has 0 bridgehead atoms. The molecule has 7 heteroatoms. The van der Waals surface area contributed by atoms with Crippen molar-refractivity contribution in [3.05, 3.63) is 76.8 Å². The molecule has 27 heavy (non-hydrogen) atoms. The van der Waals surface area contributed by atoms with Crippen molar-refractivity contribution in [1.29, 1.82) is 0 Å². The number of nitrogens with zero attached hydrogens (tertiary/aromatic N) is 2. The Balaban J connectivity index is 1.39. The van der Waals surface area contributed by atoms with Crippen molar-refractivity contribution in [3.8, 4) is 22.8 Å². The maximum absolute atomic E-state index is 12.3. The SMILES string of the molecule is O=C(Cn1cnc(-c2ccccc2)cc1=O)NCc1ccc2c(c1)OCO2. The Morgan fingerprint density at radius 3 is 2.70 bits per heavy atom. The minimum absolute atomic E-state index is 0.0918.